The fraction of sp³-hybridized carbons (Fsp3) is 0.595. The number of carbonyl (C=O) groups excluding carboxylic acids is 10. The molecule has 15 N–H and O–H groups in total. The molecule has 0 bridgehead atoms. The van der Waals surface area contributed by atoms with Crippen molar-refractivity contribution in [2.45, 2.75) is 123 Å². The van der Waals surface area contributed by atoms with Crippen molar-refractivity contribution in [3.05, 3.63) is 23.9 Å². The Labute approximate surface area is 348 Å². The van der Waals surface area contributed by atoms with E-state index in [1.807, 2.05) is 0 Å². The number of nitrogen functional groups attached to an aromatic ring is 1. The Hall–Kier alpha value is -6.23. The summed E-state index contributed by atoms with van der Waals surface area (Å²) >= 11 is 0. The van der Waals surface area contributed by atoms with Crippen LogP contribution in [0.25, 0.3) is 0 Å². The van der Waals surface area contributed by atoms with Crippen LogP contribution in [-0.2, 0) is 43.2 Å². The Morgan fingerprint density at radius 3 is 1.60 bits per heavy atom. The van der Waals surface area contributed by atoms with E-state index in [0.717, 1.165) is 0 Å². The van der Waals surface area contributed by atoms with E-state index in [0.29, 0.717) is 25.2 Å². The van der Waals surface area contributed by atoms with E-state index in [2.05, 4.69) is 52.9 Å². The molecule has 0 aliphatic rings. The monoisotopic (exact) mass is 847 g/mol. The largest absolute Gasteiger partial charge is 0.370 e. The maximum Gasteiger partial charge on any atom is 0.253 e. The summed E-state index contributed by atoms with van der Waals surface area (Å²) in [5, 5.41) is 19.7. The van der Waals surface area contributed by atoms with Crippen LogP contribution in [0.15, 0.2) is 18.3 Å². The third-order valence-corrected chi connectivity index (χ3v) is 8.64. The van der Waals surface area contributed by atoms with E-state index in [9.17, 15) is 47.9 Å². The van der Waals surface area contributed by atoms with Crippen LogP contribution in [0.1, 0.15) is 90.9 Å². The molecule has 0 fully saturated rings. The third kappa shape index (κ3) is 19.0. The van der Waals surface area contributed by atoms with Crippen molar-refractivity contribution in [3.8, 4) is 0 Å². The van der Waals surface area contributed by atoms with E-state index in [1.54, 1.807) is 13.8 Å². The number of Topliss-reactive ketones (excluding diaryl/α,β-unsaturated/α-hetero) is 1. The maximum atomic E-state index is 13.6. The van der Waals surface area contributed by atoms with Gasteiger partial charge in [0.2, 0.25) is 47.3 Å². The normalized spacial score (nSPS) is 14.3. The number of hydrazine groups is 1. The van der Waals surface area contributed by atoms with E-state index >= 15 is 0 Å². The SMILES string of the molecule is CC(=O)CNC(=O)[C@H](C)NC(=O)[C@H](CCCCN)NC(=O)[C@H](CC(C)C)NC(=O)[C@H](C)NC(=O)[C@H](C)NC(=O)[C@H](CC(N)=O)NC(=O)[C@H](C)NC(=O)c1ccc(NN)nc1. The summed E-state index contributed by atoms with van der Waals surface area (Å²) in [7, 11) is 0. The van der Waals surface area contributed by atoms with Crippen LogP contribution in [-0.4, -0.2) is 119 Å². The first-order chi connectivity index (χ1) is 28.1. The minimum atomic E-state index is -1.55. The number of pyridine rings is 1. The van der Waals surface area contributed by atoms with Crippen LogP contribution in [0.4, 0.5) is 5.82 Å². The molecule has 0 saturated carbocycles. The molecule has 7 atom stereocenters. The Balaban J connectivity index is 2.95. The molecule has 1 heterocycles. The Morgan fingerprint density at radius 2 is 1.10 bits per heavy atom. The van der Waals surface area contributed by atoms with Gasteiger partial charge in [-0.05, 0) is 84.9 Å². The molecule has 0 aliphatic carbocycles. The van der Waals surface area contributed by atoms with Gasteiger partial charge in [0.1, 0.15) is 53.9 Å². The predicted octanol–water partition coefficient (Wildman–Crippen LogP) is -3.79. The van der Waals surface area contributed by atoms with Gasteiger partial charge in [-0.1, -0.05) is 13.8 Å². The number of nitrogens with zero attached hydrogens (tertiary/aromatic N) is 1. The van der Waals surface area contributed by atoms with E-state index in [-0.39, 0.29) is 36.7 Å². The van der Waals surface area contributed by atoms with Gasteiger partial charge in [-0.2, -0.15) is 0 Å². The highest BCUT2D eigenvalue weighted by molar-refractivity contribution is 6.00. The van der Waals surface area contributed by atoms with Crippen LogP contribution in [0.2, 0.25) is 0 Å². The standard InChI is InChI=1S/C37H61N13O10/c1-18(2)14-26(37(60)47-25(10-8-9-13-38)35(58)45-20(4)30(53)42-16-19(3)51)48-32(55)22(6)43-31(54)21(5)46-36(59)27(15-28(39)52)49-33(56)23(7)44-34(57)24-11-12-29(50-40)41-17-24/h11-12,17-18,20-23,25-27H,8-10,13-16,38,40H2,1-7H3,(H2,39,52)(H,41,50)(H,42,53)(H,43,54)(H,44,57)(H,45,58)(H,46,59)(H,47,60)(H,48,55)(H,49,56)/t20-,21-,22-,23-,25-,26-,27-/m0/s1. The summed E-state index contributed by atoms with van der Waals surface area (Å²) in [4.78, 5) is 131. The first kappa shape index (κ1) is 51.8. The number of unbranched alkanes of at least 4 members (excludes halogenated alkanes) is 1. The quantitative estimate of drug-likeness (QED) is 0.0242. The van der Waals surface area contributed by atoms with Gasteiger partial charge >= 0.3 is 0 Å². The van der Waals surface area contributed by atoms with Gasteiger partial charge in [0.15, 0.2) is 0 Å². The minimum absolute atomic E-state index is 0.103. The van der Waals surface area contributed by atoms with Crippen LogP contribution < -0.4 is 65.3 Å². The molecule has 1 aromatic heterocycles. The van der Waals surface area contributed by atoms with Crippen molar-refractivity contribution < 1.29 is 47.9 Å². The summed E-state index contributed by atoms with van der Waals surface area (Å²) in [6.07, 6.45) is 1.85. The summed E-state index contributed by atoms with van der Waals surface area (Å²) in [6.45, 7) is 10.4. The molecule has 0 radical (unpaired) electrons. The van der Waals surface area contributed by atoms with Crippen LogP contribution in [0.3, 0.4) is 0 Å². The van der Waals surface area contributed by atoms with Gasteiger partial charge < -0.3 is 59.4 Å². The minimum Gasteiger partial charge on any atom is -0.370 e. The molecule has 0 spiro atoms. The van der Waals surface area contributed by atoms with Gasteiger partial charge in [-0.3, -0.25) is 47.9 Å². The molecule has 9 amide bonds. The van der Waals surface area contributed by atoms with Gasteiger partial charge in [0.05, 0.1) is 18.5 Å². The maximum absolute atomic E-state index is 13.6. The summed E-state index contributed by atoms with van der Waals surface area (Å²) in [6, 6.07) is -5.78. The van der Waals surface area contributed by atoms with Crippen molar-refractivity contribution >= 4 is 64.8 Å². The predicted molar refractivity (Wildman–Crippen MR) is 217 cm³/mol. The first-order valence-corrected chi connectivity index (χ1v) is 19.4. The zero-order valence-electron chi connectivity index (χ0n) is 35.1. The number of ketones is 1. The first-order valence-electron chi connectivity index (χ1n) is 19.4. The second kappa shape index (κ2) is 26.0. The van der Waals surface area contributed by atoms with Gasteiger partial charge in [0, 0.05) is 6.20 Å². The lowest BCUT2D eigenvalue weighted by Crippen LogP contribution is -2.59. The number of aromatic nitrogens is 1. The molecule has 0 aliphatic heterocycles. The smallest absolute Gasteiger partial charge is 0.253 e. The summed E-state index contributed by atoms with van der Waals surface area (Å²) in [5.41, 5.74) is 13.3. The number of anilines is 1. The lowest BCUT2D eigenvalue weighted by Gasteiger charge is -2.26. The number of nitrogens with two attached hydrogens (primary N) is 3. The topological polar surface area (TPSA) is 370 Å². The second-order valence-electron chi connectivity index (χ2n) is 14.7. The average Bonchev–Trinajstić information content (AvgIpc) is 3.18. The molecule has 0 saturated heterocycles. The number of amides is 9. The molecule has 0 aromatic carbocycles. The van der Waals surface area contributed by atoms with Crippen molar-refractivity contribution in [1.82, 2.24) is 47.5 Å². The fourth-order valence-corrected chi connectivity index (χ4v) is 5.23. The number of primary amides is 1. The fourth-order valence-electron chi connectivity index (χ4n) is 5.23. The highest BCUT2D eigenvalue weighted by atomic mass is 16.2. The Kier molecular flexibility index (Phi) is 22.4. The summed E-state index contributed by atoms with van der Waals surface area (Å²) in [5.74, 6) is -1.89. The number of hydrogen-bond acceptors (Lipinski definition) is 14. The van der Waals surface area contributed by atoms with E-state index < -0.39 is 102 Å². The molecular weight excluding hydrogens is 786 g/mol. The number of rotatable bonds is 26. The molecular formula is C37H61N13O10. The molecule has 23 nitrogen and oxygen atoms in total. The van der Waals surface area contributed by atoms with Gasteiger partial charge in [-0.15, -0.1) is 0 Å². The van der Waals surface area contributed by atoms with Crippen LogP contribution in [0, 0.1) is 5.92 Å². The zero-order valence-corrected chi connectivity index (χ0v) is 35.1. The van der Waals surface area contributed by atoms with Crippen molar-refractivity contribution in [2.24, 2.45) is 23.2 Å². The lowest BCUT2D eigenvalue weighted by molar-refractivity contribution is -0.135. The highest BCUT2D eigenvalue weighted by Crippen LogP contribution is 2.09. The summed E-state index contributed by atoms with van der Waals surface area (Å²) < 4.78 is 0. The van der Waals surface area contributed by atoms with Crippen LogP contribution in [0.5, 0.6) is 0 Å². The molecule has 1 aromatic rings. The zero-order chi connectivity index (χ0) is 45.7. The third-order valence-electron chi connectivity index (χ3n) is 8.64. The molecule has 0 unspecified atom stereocenters. The second-order valence-corrected chi connectivity index (χ2v) is 14.7. The van der Waals surface area contributed by atoms with Gasteiger partial charge in [0.25, 0.3) is 5.91 Å². The average molecular weight is 848 g/mol. The molecule has 23 heteroatoms. The van der Waals surface area contributed by atoms with E-state index in [1.165, 1.54) is 52.9 Å². The molecule has 334 valence electrons. The Morgan fingerprint density at radius 1 is 0.617 bits per heavy atom. The van der Waals surface area contributed by atoms with Crippen molar-refractivity contribution in [3.63, 3.8) is 0 Å². The van der Waals surface area contributed by atoms with Gasteiger partial charge in [-0.25, -0.2) is 10.8 Å². The van der Waals surface area contributed by atoms with E-state index in [4.69, 9.17) is 17.3 Å². The lowest BCUT2D eigenvalue weighted by atomic mass is 10.0. The Bertz CT molecular complexity index is 1690. The molecule has 1 rings (SSSR count). The van der Waals surface area contributed by atoms with Crippen molar-refractivity contribution in [1.29, 1.82) is 0 Å². The highest BCUT2D eigenvalue weighted by Gasteiger charge is 2.32. The number of hydrogen-bond donors (Lipinski definition) is 12. The number of carbonyl (C=O) groups is 10. The van der Waals surface area contributed by atoms with Crippen LogP contribution >= 0.6 is 0 Å². The molecule has 60 heavy (non-hydrogen) atoms. The number of nitrogens with one attached hydrogen (secondary N) is 9. The van der Waals surface area contributed by atoms with Crippen molar-refractivity contribution in [2.75, 3.05) is 18.5 Å².